The summed E-state index contributed by atoms with van der Waals surface area (Å²) in [4.78, 5) is 38.0. The predicted octanol–water partition coefficient (Wildman–Crippen LogP) is 2.99. The maximum absolute atomic E-state index is 13.0. The maximum Gasteiger partial charge on any atom is 0.373 e. The molecular formula is C21H22N2O6. The summed E-state index contributed by atoms with van der Waals surface area (Å²) in [6.07, 6.45) is 0. The zero-order valence-corrected chi connectivity index (χ0v) is 16.5. The van der Waals surface area contributed by atoms with Crippen molar-refractivity contribution in [3.8, 4) is 5.75 Å². The number of rotatable bonds is 7. The molecule has 0 spiro atoms. The number of carbonyl (C=O) groups excluding carboxylic acids is 3. The summed E-state index contributed by atoms with van der Waals surface area (Å²) in [7, 11) is 1.24. The highest BCUT2D eigenvalue weighted by molar-refractivity contribution is 6.07. The van der Waals surface area contributed by atoms with Crippen molar-refractivity contribution in [1.29, 1.82) is 0 Å². The molecule has 1 N–H and O–H groups in total. The van der Waals surface area contributed by atoms with Crippen LogP contribution in [0.5, 0.6) is 5.75 Å². The third-order valence-electron chi connectivity index (χ3n) is 4.55. The number of nitrogens with one attached hydrogen (secondary N) is 1. The molecule has 1 fully saturated rings. The fourth-order valence-electron chi connectivity index (χ4n) is 2.96. The van der Waals surface area contributed by atoms with E-state index >= 15 is 0 Å². The van der Waals surface area contributed by atoms with Gasteiger partial charge in [-0.25, -0.2) is 9.59 Å². The zero-order valence-electron chi connectivity index (χ0n) is 16.5. The first-order valence-electron chi connectivity index (χ1n) is 8.93. The van der Waals surface area contributed by atoms with E-state index in [1.807, 2.05) is 6.92 Å². The molecule has 1 unspecified atom stereocenters. The third-order valence-corrected chi connectivity index (χ3v) is 4.55. The lowest BCUT2D eigenvalue weighted by atomic mass is 9.92. The predicted molar refractivity (Wildman–Crippen MR) is 103 cm³/mol. The normalized spacial score (nSPS) is 18.5. The summed E-state index contributed by atoms with van der Waals surface area (Å²) in [6, 6.07) is 9.35. The quantitative estimate of drug-likeness (QED) is 0.437. The standard InChI is InChI=1S/C21H22N2O6/c1-13(2)12-28-15-7-5-14(6-8-15)21(3)19(25)23(20(26)22-21)11-16-9-10-17(29-16)18(24)27-4/h5-10H,1,11-12H2,2-4H3,(H,22,26). The molecule has 1 saturated heterocycles. The van der Waals surface area contributed by atoms with Crippen molar-refractivity contribution in [3.63, 3.8) is 0 Å². The number of hydrogen-bond donors (Lipinski definition) is 1. The third kappa shape index (κ3) is 4.01. The van der Waals surface area contributed by atoms with E-state index < -0.39 is 23.4 Å². The number of hydrogen-bond acceptors (Lipinski definition) is 6. The van der Waals surface area contributed by atoms with Gasteiger partial charge in [0.15, 0.2) is 0 Å². The molecule has 1 atom stereocenters. The van der Waals surface area contributed by atoms with Gasteiger partial charge in [-0.2, -0.15) is 0 Å². The molecule has 8 heteroatoms. The van der Waals surface area contributed by atoms with Crippen molar-refractivity contribution in [3.05, 3.63) is 65.6 Å². The van der Waals surface area contributed by atoms with Crippen LogP contribution in [0.25, 0.3) is 0 Å². The van der Waals surface area contributed by atoms with E-state index in [1.54, 1.807) is 31.2 Å². The van der Waals surface area contributed by atoms with E-state index in [9.17, 15) is 14.4 Å². The van der Waals surface area contributed by atoms with Crippen molar-refractivity contribution >= 4 is 17.9 Å². The molecule has 0 radical (unpaired) electrons. The second-order valence-corrected chi connectivity index (χ2v) is 6.97. The van der Waals surface area contributed by atoms with Crippen LogP contribution < -0.4 is 10.1 Å². The van der Waals surface area contributed by atoms with Gasteiger partial charge in [0.2, 0.25) is 5.76 Å². The van der Waals surface area contributed by atoms with Crippen LogP contribution >= 0.6 is 0 Å². The topological polar surface area (TPSA) is 98.1 Å². The Hall–Kier alpha value is -3.55. The number of ether oxygens (including phenoxy) is 2. The minimum atomic E-state index is -1.22. The second kappa shape index (κ2) is 7.83. The van der Waals surface area contributed by atoms with Crippen LogP contribution in [-0.4, -0.2) is 36.5 Å². The van der Waals surface area contributed by atoms with E-state index in [-0.39, 0.29) is 12.3 Å². The smallest absolute Gasteiger partial charge is 0.373 e. The van der Waals surface area contributed by atoms with Gasteiger partial charge in [0.25, 0.3) is 5.91 Å². The van der Waals surface area contributed by atoms with Gasteiger partial charge in [-0.05, 0) is 49.2 Å². The van der Waals surface area contributed by atoms with Crippen molar-refractivity contribution < 1.29 is 28.3 Å². The highest BCUT2D eigenvalue weighted by Crippen LogP contribution is 2.31. The van der Waals surface area contributed by atoms with Crippen LogP contribution in [0.3, 0.4) is 0 Å². The molecule has 2 aromatic rings. The Morgan fingerprint density at radius 3 is 2.52 bits per heavy atom. The van der Waals surface area contributed by atoms with Gasteiger partial charge in [0.1, 0.15) is 23.7 Å². The molecule has 3 rings (SSSR count). The highest BCUT2D eigenvalue weighted by atomic mass is 16.5. The number of nitrogens with zero attached hydrogens (tertiary/aromatic N) is 1. The Labute approximate surface area is 168 Å². The average molecular weight is 398 g/mol. The lowest BCUT2D eigenvalue weighted by molar-refractivity contribution is -0.131. The van der Waals surface area contributed by atoms with Crippen LogP contribution in [0, 0.1) is 0 Å². The van der Waals surface area contributed by atoms with Crippen molar-refractivity contribution in [2.24, 2.45) is 0 Å². The fraction of sp³-hybridized carbons (Fsp3) is 0.286. The van der Waals surface area contributed by atoms with E-state index in [1.165, 1.54) is 19.2 Å². The molecule has 0 aliphatic carbocycles. The average Bonchev–Trinajstić information content (AvgIpc) is 3.25. The maximum atomic E-state index is 13.0. The number of furan rings is 1. The lowest BCUT2D eigenvalue weighted by Gasteiger charge is -2.22. The van der Waals surface area contributed by atoms with Crippen LogP contribution in [0.4, 0.5) is 4.79 Å². The molecule has 0 saturated carbocycles. The van der Waals surface area contributed by atoms with Gasteiger partial charge < -0.3 is 19.2 Å². The Morgan fingerprint density at radius 2 is 1.90 bits per heavy atom. The van der Waals surface area contributed by atoms with Crippen LogP contribution in [0.2, 0.25) is 0 Å². The number of urea groups is 1. The number of imide groups is 1. The van der Waals surface area contributed by atoms with Gasteiger partial charge in [0, 0.05) is 0 Å². The molecule has 8 nitrogen and oxygen atoms in total. The molecule has 0 bridgehead atoms. The van der Waals surface area contributed by atoms with E-state index in [0.717, 1.165) is 10.5 Å². The molecule has 1 aliphatic heterocycles. The minimum Gasteiger partial charge on any atom is -0.489 e. The summed E-state index contributed by atoms with van der Waals surface area (Å²) in [5.41, 5.74) is 0.292. The van der Waals surface area contributed by atoms with Crippen LogP contribution in [0.1, 0.15) is 35.7 Å². The first kappa shape index (κ1) is 20.2. The Morgan fingerprint density at radius 1 is 1.21 bits per heavy atom. The van der Waals surface area contributed by atoms with E-state index in [0.29, 0.717) is 23.7 Å². The minimum absolute atomic E-state index is 0.00247. The Kier molecular flexibility index (Phi) is 5.45. The SMILES string of the molecule is C=C(C)COc1ccc(C2(C)NC(=O)N(Cc3ccc(C(=O)OC)o3)C2=O)cc1. The van der Waals surface area contributed by atoms with Crippen LogP contribution in [-0.2, 0) is 21.6 Å². The zero-order chi connectivity index (χ0) is 21.2. The van der Waals surface area contributed by atoms with Gasteiger partial charge in [-0.15, -0.1) is 0 Å². The van der Waals surface area contributed by atoms with Gasteiger partial charge in [-0.1, -0.05) is 18.7 Å². The van der Waals surface area contributed by atoms with Crippen molar-refractivity contribution in [2.75, 3.05) is 13.7 Å². The van der Waals surface area contributed by atoms with Gasteiger partial charge in [-0.3, -0.25) is 9.69 Å². The molecule has 29 heavy (non-hydrogen) atoms. The number of amides is 3. The summed E-state index contributed by atoms with van der Waals surface area (Å²) in [5, 5.41) is 2.73. The Balaban J connectivity index is 1.75. The molecule has 3 amide bonds. The molecular weight excluding hydrogens is 376 g/mol. The largest absolute Gasteiger partial charge is 0.489 e. The van der Waals surface area contributed by atoms with Crippen molar-refractivity contribution in [1.82, 2.24) is 10.2 Å². The number of methoxy groups -OCH3 is 1. The molecule has 152 valence electrons. The van der Waals surface area contributed by atoms with E-state index in [4.69, 9.17) is 9.15 Å². The summed E-state index contributed by atoms with van der Waals surface area (Å²) >= 11 is 0. The molecule has 1 aromatic heterocycles. The summed E-state index contributed by atoms with van der Waals surface area (Å²) < 4.78 is 15.5. The van der Waals surface area contributed by atoms with Crippen LogP contribution in [0.15, 0.2) is 53.0 Å². The Bertz CT molecular complexity index is 962. The fourth-order valence-corrected chi connectivity index (χ4v) is 2.96. The van der Waals surface area contributed by atoms with E-state index in [2.05, 4.69) is 16.6 Å². The summed E-state index contributed by atoms with van der Waals surface area (Å²) in [6.45, 7) is 7.59. The second-order valence-electron chi connectivity index (χ2n) is 6.97. The number of benzene rings is 1. The number of carbonyl (C=O) groups is 3. The molecule has 2 heterocycles. The summed E-state index contributed by atoms with van der Waals surface area (Å²) in [5.74, 6) is -0.120. The molecule has 1 aliphatic rings. The van der Waals surface area contributed by atoms with Gasteiger partial charge in [0.05, 0.1) is 13.7 Å². The number of esters is 1. The molecule has 1 aromatic carbocycles. The first-order chi connectivity index (χ1) is 13.7. The highest BCUT2D eigenvalue weighted by Gasteiger charge is 2.49. The van der Waals surface area contributed by atoms with Crippen molar-refractivity contribution in [2.45, 2.75) is 25.9 Å². The lowest BCUT2D eigenvalue weighted by Crippen LogP contribution is -2.40. The monoisotopic (exact) mass is 398 g/mol. The van der Waals surface area contributed by atoms with Gasteiger partial charge >= 0.3 is 12.0 Å². The first-order valence-corrected chi connectivity index (χ1v) is 8.93.